The molecule has 2 atom stereocenters. The average Bonchev–Trinajstić information content (AvgIpc) is 2.74. The van der Waals surface area contributed by atoms with Crippen LogP contribution in [0.25, 0.3) is 0 Å². The molecule has 1 aliphatic heterocycles. The van der Waals surface area contributed by atoms with Gasteiger partial charge in [-0.25, -0.2) is 4.79 Å². The molecule has 6 nitrogen and oxygen atoms in total. The molecule has 0 spiro atoms. The van der Waals surface area contributed by atoms with Crippen LogP contribution in [0.5, 0.6) is 0 Å². The van der Waals surface area contributed by atoms with E-state index in [9.17, 15) is 9.59 Å². The zero-order valence-corrected chi connectivity index (χ0v) is 16.9. The summed E-state index contributed by atoms with van der Waals surface area (Å²) >= 11 is 6.08. The van der Waals surface area contributed by atoms with Crippen LogP contribution in [-0.2, 0) is 14.3 Å². The normalized spacial score (nSPS) is 17.6. The smallest absolute Gasteiger partial charge is 0.340 e. The molecule has 0 amide bonds. The number of nitrogens with zero attached hydrogens (tertiary/aromatic N) is 2. The Kier molecular flexibility index (Phi) is 7.77. The van der Waals surface area contributed by atoms with Gasteiger partial charge in [0.05, 0.1) is 12.6 Å². The molecule has 2 unspecified atom stereocenters. The van der Waals surface area contributed by atoms with E-state index in [0.29, 0.717) is 12.8 Å². The second kappa shape index (κ2) is 10.5. The molecule has 0 radical (unpaired) electrons. The molecule has 3 rings (SSSR count). The second-order valence-electron chi connectivity index (χ2n) is 7.01. The number of aldehydes is 1. The van der Waals surface area contributed by atoms with Crippen molar-refractivity contribution in [3.05, 3.63) is 70.7 Å². The van der Waals surface area contributed by atoms with Crippen LogP contribution in [0, 0.1) is 0 Å². The number of halogens is 1. The van der Waals surface area contributed by atoms with Gasteiger partial charge in [-0.15, -0.1) is 0 Å². The van der Waals surface area contributed by atoms with Crippen LogP contribution >= 0.6 is 11.6 Å². The number of carbonyl (C=O) groups excluding carboxylic acids is 1. The van der Waals surface area contributed by atoms with E-state index < -0.39 is 12.1 Å². The lowest BCUT2D eigenvalue weighted by Gasteiger charge is -2.39. The van der Waals surface area contributed by atoms with Crippen molar-refractivity contribution in [1.29, 1.82) is 0 Å². The van der Waals surface area contributed by atoms with Crippen molar-refractivity contribution in [3.8, 4) is 0 Å². The fraction of sp³-hybridized carbons (Fsp3) is 0.364. The number of carbonyl (C=O) groups is 2. The maximum atomic E-state index is 10.8. The summed E-state index contributed by atoms with van der Waals surface area (Å²) in [6, 6.07) is 18.6. The minimum absolute atomic E-state index is 0.151. The molecule has 7 heteroatoms. The molecule has 1 saturated heterocycles. The van der Waals surface area contributed by atoms with Crippen LogP contribution in [-0.4, -0.2) is 72.6 Å². The number of aliphatic carboxylic acids is 1. The molecule has 1 aliphatic rings. The largest absolute Gasteiger partial charge is 0.479 e. The van der Waals surface area contributed by atoms with Crippen molar-refractivity contribution < 1.29 is 19.4 Å². The maximum Gasteiger partial charge on any atom is 0.340 e. The summed E-state index contributed by atoms with van der Waals surface area (Å²) in [6.07, 6.45) is -1.07. The fourth-order valence-corrected chi connectivity index (χ4v) is 3.74. The van der Waals surface area contributed by atoms with Gasteiger partial charge in [-0.3, -0.25) is 14.6 Å². The lowest BCUT2D eigenvalue weighted by molar-refractivity contribution is -0.152. The van der Waals surface area contributed by atoms with E-state index in [0.717, 1.165) is 31.2 Å². The maximum absolute atomic E-state index is 10.8. The van der Waals surface area contributed by atoms with Gasteiger partial charge in [0, 0.05) is 37.7 Å². The van der Waals surface area contributed by atoms with E-state index >= 15 is 0 Å². The zero-order valence-electron chi connectivity index (χ0n) is 16.1. The first-order chi connectivity index (χ1) is 14.1. The van der Waals surface area contributed by atoms with E-state index in [4.69, 9.17) is 21.4 Å². The molecule has 154 valence electrons. The lowest BCUT2D eigenvalue weighted by atomic mass is 9.96. The molecule has 1 heterocycles. The number of carboxylic acids is 1. The van der Waals surface area contributed by atoms with Gasteiger partial charge in [-0.1, -0.05) is 54.1 Å². The number of hydrogen-bond donors (Lipinski definition) is 1. The average molecular weight is 417 g/mol. The van der Waals surface area contributed by atoms with Crippen LogP contribution in [0.1, 0.15) is 17.2 Å². The van der Waals surface area contributed by atoms with Crippen LogP contribution in [0.4, 0.5) is 0 Å². The number of benzene rings is 2. The predicted molar refractivity (Wildman–Crippen MR) is 111 cm³/mol. The van der Waals surface area contributed by atoms with E-state index in [2.05, 4.69) is 46.2 Å². The Hall–Kier alpha value is -2.25. The Labute approximate surface area is 175 Å². The van der Waals surface area contributed by atoms with Gasteiger partial charge in [0.1, 0.15) is 0 Å². The number of hydrogen-bond acceptors (Lipinski definition) is 5. The standard InChI is InChI=1S/C22H25ClN2O4/c23-19-8-6-18(7-9-19)21(17-4-2-1-3-5-17)25-12-10-24(11-13-25)14-15-29-20(16-26)22(27)28/h1-9,16,20-21H,10-15H2,(H,27,28). The first-order valence-corrected chi connectivity index (χ1v) is 10.0. The van der Waals surface area contributed by atoms with Gasteiger partial charge in [0.2, 0.25) is 6.10 Å². The Morgan fingerprint density at radius 3 is 2.24 bits per heavy atom. The predicted octanol–water partition coefficient (Wildman–Crippen LogP) is 2.72. The molecule has 29 heavy (non-hydrogen) atoms. The van der Waals surface area contributed by atoms with E-state index in [-0.39, 0.29) is 12.6 Å². The minimum Gasteiger partial charge on any atom is -0.479 e. The molecule has 0 aliphatic carbocycles. The summed E-state index contributed by atoms with van der Waals surface area (Å²) < 4.78 is 5.14. The van der Waals surface area contributed by atoms with Crippen molar-refractivity contribution in [2.75, 3.05) is 39.3 Å². The second-order valence-corrected chi connectivity index (χ2v) is 7.44. The quantitative estimate of drug-likeness (QED) is 0.500. The van der Waals surface area contributed by atoms with Crippen molar-refractivity contribution in [2.45, 2.75) is 12.1 Å². The highest BCUT2D eigenvalue weighted by Gasteiger charge is 2.26. The third kappa shape index (κ3) is 5.87. The third-order valence-corrected chi connectivity index (χ3v) is 5.40. The van der Waals surface area contributed by atoms with Gasteiger partial charge in [0.15, 0.2) is 6.29 Å². The highest BCUT2D eigenvalue weighted by atomic mass is 35.5. The Bertz CT molecular complexity index is 792. The Balaban J connectivity index is 1.61. The van der Waals surface area contributed by atoms with Crippen LogP contribution < -0.4 is 0 Å². The number of rotatable bonds is 9. The number of ether oxygens (including phenoxy) is 1. The van der Waals surface area contributed by atoms with Crippen molar-refractivity contribution in [2.24, 2.45) is 0 Å². The Morgan fingerprint density at radius 2 is 1.66 bits per heavy atom. The zero-order chi connectivity index (χ0) is 20.6. The monoisotopic (exact) mass is 416 g/mol. The molecule has 0 saturated carbocycles. The summed E-state index contributed by atoms with van der Waals surface area (Å²) in [6.45, 7) is 4.26. The van der Waals surface area contributed by atoms with Gasteiger partial charge < -0.3 is 9.84 Å². The summed E-state index contributed by atoms with van der Waals surface area (Å²) in [5, 5.41) is 9.58. The molecular weight excluding hydrogens is 392 g/mol. The summed E-state index contributed by atoms with van der Waals surface area (Å²) in [5.41, 5.74) is 2.44. The van der Waals surface area contributed by atoms with Gasteiger partial charge in [-0.2, -0.15) is 0 Å². The first-order valence-electron chi connectivity index (χ1n) is 9.65. The summed E-state index contributed by atoms with van der Waals surface area (Å²) in [7, 11) is 0. The molecule has 1 N–H and O–H groups in total. The molecule has 2 aromatic carbocycles. The number of piperazine rings is 1. The first kappa shape index (κ1) is 21.5. The number of carboxylic acid groups (broad SMARTS) is 1. The van der Waals surface area contributed by atoms with Crippen molar-refractivity contribution in [1.82, 2.24) is 9.80 Å². The highest BCUT2D eigenvalue weighted by Crippen LogP contribution is 2.30. The van der Waals surface area contributed by atoms with E-state index in [1.807, 2.05) is 18.2 Å². The van der Waals surface area contributed by atoms with Crippen LogP contribution in [0.3, 0.4) is 0 Å². The summed E-state index contributed by atoms with van der Waals surface area (Å²) in [5.74, 6) is -1.25. The topological polar surface area (TPSA) is 70.1 Å². The van der Waals surface area contributed by atoms with Crippen molar-refractivity contribution >= 4 is 23.9 Å². The third-order valence-electron chi connectivity index (χ3n) is 5.14. The molecule has 0 bridgehead atoms. The fourth-order valence-electron chi connectivity index (χ4n) is 3.62. The van der Waals surface area contributed by atoms with Crippen molar-refractivity contribution in [3.63, 3.8) is 0 Å². The molecular formula is C22H25ClN2O4. The SMILES string of the molecule is O=CC(OCCN1CCN(C(c2ccccc2)c2ccc(Cl)cc2)CC1)C(=O)O. The van der Waals surface area contributed by atoms with Crippen LogP contribution in [0.2, 0.25) is 5.02 Å². The van der Waals surface area contributed by atoms with Gasteiger partial charge >= 0.3 is 5.97 Å². The van der Waals surface area contributed by atoms with E-state index in [1.54, 1.807) is 0 Å². The van der Waals surface area contributed by atoms with Gasteiger partial charge in [0.25, 0.3) is 0 Å². The Morgan fingerprint density at radius 1 is 1.03 bits per heavy atom. The summed E-state index contributed by atoms with van der Waals surface area (Å²) in [4.78, 5) is 26.2. The van der Waals surface area contributed by atoms with E-state index in [1.165, 1.54) is 11.1 Å². The minimum atomic E-state index is -1.39. The molecule has 0 aromatic heterocycles. The van der Waals surface area contributed by atoms with Gasteiger partial charge in [-0.05, 0) is 23.3 Å². The molecule has 2 aromatic rings. The highest BCUT2D eigenvalue weighted by molar-refractivity contribution is 6.30. The molecule has 1 fully saturated rings. The lowest BCUT2D eigenvalue weighted by Crippen LogP contribution is -2.48. The van der Waals surface area contributed by atoms with Crippen LogP contribution in [0.15, 0.2) is 54.6 Å².